The molecule has 98 valence electrons. The number of anilines is 2. The topological polar surface area (TPSA) is 20.3 Å². The summed E-state index contributed by atoms with van der Waals surface area (Å²) in [6.45, 7) is 2.76. The molecule has 4 heteroatoms. The highest BCUT2D eigenvalue weighted by atomic mass is 79.9. The molecule has 2 aromatic rings. The molecule has 0 spiro atoms. The predicted octanol–water partition coefficient (Wildman–Crippen LogP) is 4.56. The quantitative estimate of drug-likeness (QED) is 0.769. The summed E-state index contributed by atoms with van der Waals surface area (Å²) < 4.78 is 13.8. The fraction of sp³-hybridized carbons (Fsp3) is 0.133. The van der Waals surface area contributed by atoms with Crippen LogP contribution in [0.15, 0.2) is 46.9 Å². The number of halogens is 2. The second-order valence-corrected chi connectivity index (χ2v) is 4.90. The van der Waals surface area contributed by atoms with Gasteiger partial charge in [-0.15, -0.1) is 0 Å². The van der Waals surface area contributed by atoms with Crippen molar-refractivity contribution in [2.24, 2.45) is 0 Å². The van der Waals surface area contributed by atoms with Gasteiger partial charge in [0.15, 0.2) is 0 Å². The molecule has 0 unspecified atom stereocenters. The van der Waals surface area contributed by atoms with E-state index in [4.69, 9.17) is 0 Å². The van der Waals surface area contributed by atoms with Crippen molar-refractivity contribution >= 4 is 33.6 Å². The van der Waals surface area contributed by atoms with Gasteiger partial charge in [0.2, 0.25) is 0 Å². The van der Waals surface area contributed by atoms with Gasteiger partial charge in [-0.25, -0.2) is 4.39 Å². The number of hydrogen-bond donors (Lipinski definition) is 0. The maximum absolute atomic E-state index is 13.0. The Morgan fingerprint density at radius 1 is 1.21 bits per heavy atom. The van der Waals surface area contributed by atoms with Crippen LogP contribution in [0.25, 0.3) is 0 Å². The number of carbonyl (C=O) groups is 1. The molecule has 0 aromatic heterocycles. The number of carbonyl (C=O) groups excluding carboxylic acids is 1. The fourth-order valence-electron chi connectivity index (χ4n) is 1.93. The van der Waals surface area contributed by atoms with Crippen LogP contribution in [0.4, 0.5) is 15.8 Å². The first kappa shape index (κ1) is 13.7. The van der Waals surface area contributed by atoms with E-state index in [1.807, 2.05) is 17.9 Å². The van der Waals surface area contributed by atoms with Crippen LogP contribution in [0.5, 0.6) is 0 Å². The summed E-state index contributed by atoms with van der Waals surface area (Å²) in [5.41, 5.74) is 2.47. The maximum atomic E-state index is 13.0. The number of benzene rings is 2. The van der Waals surface area contributed by atoms with Gasteiger partial charge in [-0.3, -0.25) is 4.79 Å². The fourth-order valence-corrected chi connectivity index (χ4v) is 2.54. The van der Waals surface area contributed by atoms with E-state index in [9.17, 15) is 9.18 Å². The molecule has 0 aliphatic carbocycles. The molecule has 2 aromatic carbocycles. The van der Waals surface area contributed by atoms with Crippen LogP contribution in [0.3, 0.4) is 0 Å². The third-order valence-corrected chi connectivity index (χ3v) is 3.49. The first-order valence-corrected chi connectivity index (χ1v) is 6.73. The summed E-state index contributed by atoms with van der Waals surface area (Å²) in [6.07, 6.45) is 0.808. The summed E-state index contributed by atoms with van der Waals surface area (Å²) in [4.78, 5) is 12.8. The molecule has 0 fully saturated rings. The molecule has 0 aliphatic rings. The third kappa shape index (κ3) is 3.01. The number of hydrogen-bond acceptors (Lipinski definition) is 2. The second kappa shape index (κ2) is 5.97. The molecule has 0 bridgehead atoms. The Morgan fingerprint density at radius 3 is 2.42 bits per heavy atom. The minimum absolute atomic E-state index is 0.254. The Hall–Kier alpha value is -1.68. The number of aldehydes is 1. The minimum Gasteiger partial charge on any atom is -0.341 e. The van der Waals surface area contributed by atoms with Gasteiger partial charge in [0.05, 0.1) is 5.69 Å². The van der Waals surface area contributed by atoms with E-state index >= 15 is 0 Å². The van der Waals surface area contributed by atoms with Gasteiger partial charge < -0.3 is 4.90 Å². The molecule has 0 radical (unpaired) electrons. The van der Waals surface area contributed by atoms with Crippen LogP contribution in [0.2, 0.25) is 0 Å². The van der Waals surface area contributed by atoms with Crippen molar-refractivity contribution in [2.45, 2.75) is 6.92 Å². The van der Waals surface area contributed by atoms with E-state index in [0.717, 1.165) is 28.7 Å². The Bertz CT molecular complexity index is 583. The Balaban J connectivity index is 2.41. The minimum atomic E-state index is -0.254. The highest BCUT2D eigenvalue weighted by Crippen LogP contribution is 2.32. The molecule has 0 atom stereocenters. The van der Waals surface area contributed by atoms with Crippen LogP contribution >= 0.6 is 15.9 Å². The van der Waals surface area contributed by atoms with Crippen molar-refractivity contribution in [2.75, 3.05) is 11.4 Å². The lowest BCUT2D eigenvalue weighted by atomic mass is 10.2. The highest BCUT2D eigenvalue weighted by molar-refractivity contribution is 9.10. The van der Waals surface area contributed by atoms with Crippen LogP contribution in [-0.2, 0) is 0 Å². The average molecular weight is 322 g/mol. The summed E-state index contributed by atoms with van der Waals surface area (Å²) in [5, 5.41) is 0. The maximum Gasteiger partial charge on any atom is 0.150 e. The summed E-state index contributed by atoms with van der Waals surface area (Å²) in [6, 6.07) is 11.8. The monoisotopic (exact) mass is 321 g/mol. The Morgan fingerprint density at radius 2 is 1.89 bits per heavy atom. The van der Waals surface area contributed by atoms with Gasteiger partial charge in [0, 0.05) is 22.3 Å². The first-order valence-electron chi connectivity index (χ1n) is 5.93. The standard InChI is InChI=1S/C15H13BrFNO/c1-2-18(13-6-4-12(17)5-7-13)15-8-3-11(10-19)9-14(15)16/h3-10H,2H2,1H3. The summed E-state index contributed by atoms with van der Waals surface area (Å²) >= 11 is 3.47. The van der Waals surface area contributed by atoms with Crippen molar-refractivity contribution in [3.8, 4) is 0 Å². The molecule has 0 saturated heterocycles. The molecule has 0 amide bonds. The molecule has 0 heterocycles. The second-order valence-electron chi connectivity index (χ2n) is 4.05. The third-order valence-electron chi connectivity index (χ3n) is 2.85. The van der Waals surface area contributed by atoms with Crippen LogP contribution in [0, 0.1) is 5.82 Å². The smallest absolute Gasteiger partial charge is 0.150 e. The van der Waals surface area contributed by atoms with Gasteiger partial charge in [0.1, 0.15) is 12.1 Å². The molecule has 2 nitrogen and oxygen atoms in total. The van der Waals surface area contributed by atoms with E-state index in [2.05, 4.69) is 15.9 Å². The highest BCUT2D eigenvalue weighted by Gasteiger charge is 2.11. The van der Waals surface area contributed by atoms with Gasteiger partial charge in [-0.1, -0.05) is 0 Å². The van der Waals surface area contributed by atoms with Crippen molar-refractivity contribution in [3.63, 3.8) is 0 Å². The molecule has 0 N–H and O–H groups in total. The summed E-state index contributed by atoms with van der Waals surface area (Å²) in [5.74, 6) is -0.254. The molecular weight excluding hydrogens is 309 g/mol. The van der Waals surface area contributed by atoms with Crippen LogP contribution in [0.1, 0.15) is 17.3 Å². The van der Waals surface area contributed by atoms with Gasteiger partial charge in [-0.05, 0) is 65.3 Å². The van der Waals surface area contributed by atoms with Gasteiger partial charge >= 0.3 is 0 Å². The normalized spacial score (nSPS) is 10.3. The van der Waals surface area contributed by atoms with E-state index < -0.39 is 0 Å². The lowest BCUT2D eigenvalue weighted by molar-refractivity contribution is 0.112. The Labute approximate surface area is 120 Å². The van der Waals surface area contributed by atoms with Gasteiger partial charge in [0.25, 0.3) is 0 Å². The molecule has 0 saturated carbocycles. The van der Waals surface area contributed by atoms with E-state index in [-0.39, 0.29) is 5.82 Å². The largest absolute Gasteiger partial charge is 0.341 e. The van der Waals surface area contributed by atoms with Crippen molar-refractivity contribution in [1.82, 2.24) is 0 Å². The zero-order valence-corrected chi connectivity index (χ0v) is 12.0. The van der Waals surface area contributed by atoms with Crippen molar-refractivity contribution in [3.05, 3.63) is 58.3 Å². The lowest BCUT2D eigenvalue weighted by Crippen LogP contribution is -2.16. The summed E-state index contributed by atoms with van der Waals surface area (Å²) in [7, 11) is 0. The number of nitrogens with zero attached hydrogens (tertiary/aromatic N) is 1. The van der Waals surface area contributed by atoms with Crippen molar-refractivity contribution < 1.29 is 9.18 Å². The molecule has 19 heavy (non-hydrogen) atoms. The average Bonchev–Trinajstić information content (AvgIpc) is 2.43. The van der Waals surface area contributed by atoms with Crippen molar-refractivity contribution in [1.29, 1.82) is 0 Å². The predicted molar refractivity (Wildman–Crippen MR) is 78.6 cm³/mol. The van der Waals surface area contributed by atoms with E-state index in [0.29, 0.717) is 5.56 Å². The molecule has 0 aliphatic heterocycles. The Kier molecular flexibility index (Phi) is 4.32. The first-order chi connectivity index (χ1) is 9.15. The number of rotatable bonds is 4. The molecule has 2 rings (SSSR count). The van der Waals surface area contributed by atoms with Crippen LogP contribution in [-0.4, -0.2) is 12.8 Å². The SMILES string of the molecule is CCN(c1ccc(F)cc1)c1ccc(C=O)cc1Br. The lowest BCUT2D eigenvalue weighted by Gasteiger charge is -2.24. The van der Waals surface area contributed by atoms with Crippen LogP contribution < -0.4 is 4.90 Å². The zero-order chi connectivity index (χ0) is 13.8. The van der Waals surface area contributed by atoms with E-state index in [1.165, 1.54) is 12.1 Å². The van der Waals surface area contributed by atoms with Gasteiger partial charge in [-0.2, -0.15) is 0 Å². The zero-order valence-electron chi connectivity index (χ0n) is 10.4. The van der Waals surface area contributed by atoms with E-state index in [1.54, 1.807) is 24.3 Å². The molecular formula is C15H13BrFNO.